The van der Waals surface area contributed by atoms with Crippen LogP contribution in [0.25, 0.3) is 17.2 Å². The van der Waals surface area contributed by atoms with Crippen LogP contribution in [0.3, 0.4) is 0 Å². The Morgan fingerprint density at radius 1 is 1.11 bits per heavy atom. The molecule has 2 heterocycles. The van der Waals surface area contributed by atoms with Gasteiger partial charge in [0.1, 0.15) is 5.84 Å². The zero-order valence-electron chi connectivity index (χ0n) is 20.9. The fourth-order valence-corrected chi connectivity index (χ4v) is 6.22. The fraction of sp³-hybridized carbons (Fsp3) is 0.429. The van der Waals surface area contributed by atoms with Crippen LogP contribution >= 0.6 is 0 Å². The number of hydrogen-bond acceptors (Lipinski definition) is 6. The average molecular weight is 527 g/mol. The molecule has 0 aromatic heterocycles. The summed E-state index contributed by atoms with van der Waals surface area (Å²) in [5.41, 5.74) is 9.82. The Labute approximate surface area is 220 Å². The first-order valence-electron chi connectivity index (χ1n) is 12.4. The Morgan fingerprint density at radius 3 is 2.43 bits per heavy atom. The van der Waals surface area contributed by atoms with E-state index in [2.05, 4.69) is 18.8 Å². The van der Waals surface area contributed by atoms with E-state index in [1.807, 2.05) is 35.2 Å². The molecule has 2 aromatic rings. The van der Waals surface area contributed by atoms with E-state index in [9.17, 15) is 18.3 Å². The molecule has 0 aliphatic carbocycles. The number of amidine groups is 1. The number of aliphatic hydroxyl groups excluding tert-OH is 1. The van der Waals surface area contributed by atoms with Crippen LogP contribution in [-0.4, -0.2) is 67.3 Å². The van der Waals surface area contributed by atoms with Crippen LogP contribution in [0, 0.1) is 5.92 Å². The second kappa shape index (κ2) is 12.0. The summed E-state index contributed by atoms with van der Waals surface area (Å²) in [5, 5.41) is 9.22. The van der Waals surface area contributed by atoms with Crippen LogP contribution in [0.4, 0.5) is 5.69 Å². The van der Waals surface area contributed by atoms with Crippen LogP contribution < -0.4 is 5.73 Å². The SMILES string of the molecule is C.CCCN(CCC)C(=O)C1=Cc2ccc(-c3cccc(S(=O)(=O)N4CC(CO)C4)c3)cc2N=C(N)C1. The van der Waals surface area contributed by atoms with Gasteiger partial charge in [0, 0.05) is 56.3 Å². The lowest BCUT2D eigenvalue weighted by molar-refractivity contribution is -0.127. The second-order valence-corrected chi connectivity index (χ2v) is 11.4. The first-order valence-corrected chi connectivity index (χ1v) is 13.9. The van der Waals surface area contributed by atoms with Crippen molar-refractivity contribution in [1.82, 2.24) is 9.21 Å². The molecule has 1 amide bonds. The summed E-state index contributed by atoms with van der Waals surface area (Å²) < 4.78 is 27.4. The summed E-state index contributed by atoms with van der Waals surface area (Å²) in [7, 11) is -3.62. The van der Waals surface area contributed by atoms with Crippen molar-refractivity contribution in [2.45, 2.75) is 45.4 Å². The number of fused-ring (bicyclic) bond motifs is 1. The first-order chi connectivity index (χ1) is 17.3. The summed E-state index contributed by atoms with van der Waals surface area (Å²) in [6, 6.07) is 12.5. The average Bonchev–Trinajstić information content (AvgIpc) is 3.00. The number of rotatable bonds is 9. The van der Waals surface area contributed by atoms with E-state index in [0.717, 1.165) is 29.5 Å². The number of benzene rings is 2. The molecule has 0 radical (unpaired) electrons. The van der Waals surface area contributed by atoms with Gasteiger partial charge in [0.15, 0.2) is 0 Å². The topological polar surface area (TPSA) is 116 Å². The van der Waals surface area contributed by atoms with E-state index in [1.165, 1.54) is 4.31 Å². The smallest absolute Gasteiger partial charge is 0.250 e. The molecule has 4 rings (SSSR count). The molecule has 2 aliphatic rings. The zero-order chi connectivity index (χ0) is 25.9. The first kappa shape index (κ1) is 28.6. The Morgan fingerprint density at radius 2 is 1.78 bits per heavy atom. The number of nitrogens with two attached hydrogens (primary N) is 1. The van der Waals surface area contributed by atoms with Gasteiger partial charge in [-0.3, -0.25) is 4.79 Å². The number of amides is 1. The van der Waals surface area contributed by atoms with Crippen molar-refractivity contribution >= 4 is 33.5 Å². The van der Waals surface area contributed by atoms with Gasteiger partial charge in [-0.1, -0.05) is 45.5 Å². The van der Waals surface area contributed by atoms with Crippen LogP contribution in [0.2, 0.25) is 0 Å². The minimum atomic E-state index is -3.62. The molecule has 0 saturated carbocycles. The molecule has 37 heavy (non-hydrogen) atoms. The lowest BCUT2D eigenvalue weighted by atomic mass is 10.0. The summed E-state index contributed by atoms with van der Waals surface area (Å²) >= 11 is 0. The molecule has 200 valence electrons. The van der Waals surface area contributed by atoms with Gasteiger partial charge in [0.25, 0.3) is 0 Å². The lowest BCUT2D eigenvalue weighted by Gasteiger charge is -2.36. The van der Waals surface area contributed by atoms with E-state index < -0.39 is 10.0 Å². The van der Waals surface area contributed by atoms with E-state index in [0.29, 0.717) is 43.3 Å². The van der Waals surface area contributed by atoms with Crippen molar-refractivity contribution in [3.8, 4) is 11.1 Å². The van der Waals surface area contributed by atoms with Gasteiger partial charge in [-0.2, -0.15) is 4.31 Å². The molecule has 1 saturated heterocycles. The maximum atomic E-state index is 13.2. The third-order valence-corrected chi connectivity index (χ3v) is 8.36. The monoisotopic (exact) mass is 526 g/mol. The summed E-state index contributed by atoms with van der Waals surface area (Å²) in [4.78, 5) is 19.9. The standard InChI is InChI=1S/C27H34N4O4S.CH4/c1-3-10-30(11-4-2)27(33)23-12-22-9-8-21(14-25(22)29-26(28)15-23)20-6-5-7-24(13-20)36(34,35)31-16-19(17-31)18-32;/h5-9,12-14,19,32H,3-4,10-11,15-18H2,1-2H3,(H2,28,29);1H4. The fourth-order valence-electron chi connectivity index (χ4n) is 4.58. The Hall–Kier alpha value is -3.01. The summed E-state index contributed by atoms with van der Waals surface area (Å²) in [5.74, 6) is 0.351. The summed E-state index contributed by atoms with van der Waals surface area (Å²) in [6.07, 6.45) is 3.92. The van der Waals surface area contributed by atoms with Crippen molar-refractivity contribution in [1.29, 1.82) is 0 Å². The molecular weight excluding hydrogens is 488 g/mol. The number of carbonyl (C=O) groups is 1. The van der Waals surface area contributed by atoms with Crippen molar-refractivity contribution in [2.75, 3.05) is 32.8 Å². The minimum Gasteiger partial charge on any atom is -0.396 e. The van der Waals surface area contributed by atoms with Crippen LogP contribution in [0.15, 0.2) is 57.9 Å². The Bertz CT molecular complexity index is 1290. The molecule has 0 atom stereocenters. The molecule has 2 aliphatic heterocycles. The van der Waals surface area contributed by atoms with E-state index in [4.69, 9.17) is 5.73 Å². The van der Waals surface area contributed by atoms with Crippen molar-refractivity contribution in [3.63, 3.8) is 0 Å². The third kappa shape index (κ3) is 6.11. The summed E-state index contributed by atoms with van der Waals surface area (Å²) in [6.45, 7) is 6.16. The minimum absolute atomic E-state index is 0. The van der Waals surface area contributed by atoms with Gasteiger partial charge in [-0.15, -0.1) is 0 Å². The molecule has 1 fully saturated rings. The number of aliphatic imine (C=N–C) groups is 1. The molecule has 8 nitrogen and oxygen atoms in total. The highest BCUT2D eigenvalue weighted by Gasteiger charge is 2.36. The number of nitrogens with zero attached hydrogens (tertiary/aromatic N) is 3. The second-order valence-electron chi connectivity index (χ2n) is 9.41. The maximum Gasteiger partial charge on any atom is 0.250 e. The molecule has 3 N–H and O–H groups in total. The van der Waals surface area contributed by atoms with Gasteiger partial charge in [0.05, 0.1) is 10.6 Å². The van der Waals surface area contributed by atoms with E-state index in [1.54, 1.807) is 18.2 Å². The quantitative estimate of drug-likeness (QED) is 0.512. The van der Waals surface area contributed by atoms with Crippen LogP contribution in [0.1, 0.15) is 46.1 Å². The van der Waals surface area contributed by atoms with Gasteiger partial charge in [0.2, 0.25) is 15.9 Å². The van der Waals surface area contributed by atoms with Gasteiger partial charge in [-0.05, 0) is 48.2 Å². The largest absolute Gasteiger partial charge is 0.396 e. The van der Waals surface area contributed by atoms with Crippen molar-refractivity contribution in [3.05, 3.63) is 53.6 Å². The highest BCUT2D eigenvalue weighted by atomic mass is 32.2. The molecular formula is C28H38N4O4S. The number of carbonyl (C=O) groups excluding carboxylic acids is 1. The van der Waals surface area contributed by atoms with Gasteiger partial charge >= 0.3 is 0 Å². The van der Waals surface area contributed by atoms with Gasteiger partial charge < -0.3 is 15.7 Å². The van der Waals surface area contributed by atoms with Gasteiger partial charge in [-0.25, -0.2) is 13.4 Å². The molecule has 0 spiro atoms. The highest BCUT2D eigenvalue weighted by molar-refractivity contribution is 7.89. The number of hydrogen-bond donors (Lipinski definition) is 2. The third-order valence-electron chi connectivity index (χ3n) is 6.53. The molecule has 2 aromatic carbocycles. The number of aliphatic hydroxyl groups is 1. The predicted molar refractivity (Wildman–Crippen MR) is 149 cm³/mol. The normalized spacial score (nSPS) is 16.0. The zero-order valence-corrected chi connectivity index (χ0v) is 21.7. The maximum absolute atomic E-state index is 13.2. The Kier molecular flexibility index (Phi) is 9.28. The predicted octanol–water partition coefficient (Wildman–Crippen LogP) is 4.03. The van der Waals surface area contributed by atoms with Crippen LogP contribution in [-0.2, 0) is 14.8 Å². The van der Waals surface area contributed by atoms with E-state index in [-0.39, 0.29) is 37.2 Å². The van der Waals surface area contributed by atoms with Crippen molar-refractivity contribution < 1.29 is 18.3 Å². The van der Waals surface area contributed by atoms with Crippen LogP contribution in [0.5, 0.6) is 0 Å². The highest BCUT2D eigenvalue weighted by Crippen LogP contribution is 2.34. The molecule has 0 unspecified atom stereocenters. The number of sulfonamides is 1. The molecule has 9 heteroatoms. The van der Waals surface area contributed by atoms with E-state index >= 15 is 0 Å². The lowest BCUT2D eigenvalue weighted by Crippen LogP contribution is -2.51. The molecule has 0 bridgehead atoms. The van der Waals surface area contributed by atoms with Crippen molar-refractivity contribution in [2.24, 2.45) is 16.6 Å². The Balaban J connectivity index is 0.00000380.